The van der Waals surface area contributed by atoms with E-state index in [1.54, 1.807) is 23.8 Å². The molecule has 0 spiro atoms. The van der Waals surface area contributed by atoms with Crippen molar-refractivity contribution in [2.75, 3.05) is 7.05 Å². The third-order valence-corrected chi connectivity index (χ3v) is 4.09. The van der Waals surface area contributed by atoms with Crippen LogP contribution in [-0.2, 0) is 6.54 Å². The molecule has 2 rings (SSSR count). The Balaban J connectivity index is 2.23. The summed E-state index contributed by atoms with van der Waals surface area (Å²) in [4.78, 5) is 0. The van der Waals surface area contributed by atoms with Gasteiger partial charge in [0, 0.05) is 0 Å². The fraction of sp³-hybridized carbons (Fsp3) is 0.562. The van der Waals surface area contributed by atoms with E-state index in [9.17, 15) is 8.78 Å². The van der Waals surface area contributed by atoms with E-state index in [1.165, 1.54) is 0 Å². The van der Waals surface area contributed by atoms with E-state index in [0.29, 0.717) is 23.6 Å². The maximum absolute atomic E-state index is 14.2. The Bertz CT molecular complexity index is 474. The molecule has 1 nitrogen and oxygen atoms in total. The van der Waals surface area contributed by atoms with Crippen LogP contribution in [-0.4, -0.2) is 18.3 Å². The van der Waals surface area contributed by atoms with Crippen LogP contribution >= 0.6 is 0 Å². The highest BCUT2D eigenvalue weighted by atomic mass is 19.2. The molecule has 0 aliphatic heterocycles. The molecule has 1 saturated carbocycles. The standard InChI is InChI=1S/C16H22F2N/c1-11-4-6-12(7-5-11)14-9-8-13(10-19(2)3)15(17)16(14)18/h8-9,11-12H,2,4-7,10H2,1,3H3/q+1. The van der Waals surface area contributed by atoms with Crippen LogP contribution in [0.25, 0.3) is 0 Å². The molecule has 0 radical (unpaired) electrons. The zero-order valence-corrected chi connectivity index (χ0v) is 11.8. The van der Waals surface area contributed by atoms with Gasteiger partial charge in [0.25, 0.3) is 0 Å². The Hall–Kier alpha value is -1.25. The molecule has 0 unspecified atom stereocenters. The van der Waals surface area contributed by atoms with E-state index in [1.807, 2.05) is 0 Å². The van der Waals surface area contributed by atoms with Crippen LogP contribution in [0.15, 0.2) is 12.1 Å². The molecule has 1 aromatic rings. The van der Waals surface area contributed by atoms with Crippen molar-refractivity contribution >= 4 is 6.72 Å². The summed E-state index contributed by atoms with van der Waals surface area (Å²) in [6, 6.07) is 3.46. The van der Waals surface area contributed by atoms with Crippen molar-refractivity contribution in [1.82, 2.24) is 0 Å². The third kappa shape index (κ3) is 3.20. The Morgan fingerprint density at radius 3 is 2.37 bits per heavy atom. The quantitative estimate of drug-likeness (QED) is 0.572. The van der Waals surface area contributed by atoms with E-state index < -0.39 is 11.6 Å². The number of rotatable bonds is 3. The van der Waals surface area contributed by atoms with Gasteiger partial charge in [-0.15, -0.1) is 0 Å². The van der Waals surface area contributed by atoms with Crippen LogP contribution in [0.5, 0.6) is 0 Å². The van der Waals surface area contributed by atoms with Gasteiger partial charge in [-0.2, -0.15) is 0 Å². The minimum Gasteiger partial charge on any atom is -0.240 e. The van der Waals surface area contributed by atoms with Gasteiger partial charge in [0.2, 0.25) is 0 Å². The van der Waals surface area contributed by atoms with Crippen LogP contribution in [0.2, 0.25) is 0 Å². The smallest absolute Gasteiger partial charge is 0.170 e. The summed E-state index contributed by atoms with van der Waals surface area (Å²) in [6.07, 6.45) is 4.14. The molecule has 0 atom stereocenters. The predicted molar refractivity (Wildman–Crippen MR) is 73.7 cm³/mol. The Labute approximate surface area is 114 Å². The third-order valence-electron chi connectivity index (χ3n) is 4.09. The van der Waals surface area contributed by atoms with Crippen LogP contribution in [0.3, 0.4) is 0 Å². The zero-order valence-electron chi connectivity index (χ0n) is 11.8. The molecule has 0 bridgehead atoms. The van der Waals surface area contributed by atoms with Crippen LogP contribution in [0.1, 0.15) is 49.7 Å². The van der Waals surface area contributed by atoms with Crippen molar-refractivity contribution in [3.05, 3.63) is 34.9 Å². The van der Waals surface area contributed by atoms with Crippen LogP contribution in [0, 0.1) is 17.6 Å². The lowest BCUT2D eigenvalue weighted by Crippen LogP contribution is -2.14. The Morgan fingerprint density at radius 2 is 1.79 bits per heavy atom. The fourth-order valence-electron chi connectivity index (χ4n) is 2.90. The van der Waals surface area contributed by atoms with E-state index in [2.05, 4.69) is 13.6 Å². The highest BCUT2D eigenvalue weighted by Crippen LogP contribution is 2.37. The van der Waals surface area contributed by atoms with E-state index in [0.717, 1.165) is 25.7 Å². The zero-order chi connectivity index (χ0) is 14.0. The molecule has 19 heavy (non-hydrogen) atoms. The van der Waals surface area contributed by atoms with E-state index in [-0.39, 0.29) is 5.92 Å². The van der Waals surface area contributed by atoms with Gasteiger partial charge in [0.1, 0.15) is 13.8 Å². The maximum atomic E-state index is 14.2. The lowest BCUT2D eigenvalue weighted by molar-refractivity contribution is -0.505. The molecule has 104 valence electrons. The summed E-state index contributed by atoms with van der Waals surface area (Å²) in [5.74, 6) is -0.467. The highest BCUT2D eigenvalue weighted by molar-refractivity contribution is 5.29. The first-order valence-corrected chi connectivity index (χ1v) is 6.97. The minimum atomic E-state index is -0.702. The number of nitrogens with zero attached hydrogens (tertiary/aromatic N) is 1. The SMILES string of the molecule is C=[N+](C)Cc1ccc(C2CCC(C)CC2)c(F)c1F. The minimum absolute atomic E-state index is 0.178. The lowest BCUT2D eigenvalue weighted by Gasteiger charge is -2.27. The average Bonchev–Trinajstić information content (AvgIpc) is 2.36. The van der Waals surface area contributed by atoms with E-state index >= 15 is 0 Å². The molecule has 1 fully saturated rings. The predicted octanol–water partition coefficient (Wildman–Crippen LogP) is 4.10. The number of hydrogen-bond donors (Lipinski definition) is 0. The molecule has 0 saturated heterocycles. The molecule has 1 aliphatic rings. The summed E-state index contributed by atoms with van der Waals surface area (Å²) >= 11 is 0. The summed E-state index contributed by atoms with van der Waals surface area (Å²) in [5, 5.41) is 0. The fourth-order valence-corrected chi connectivity index (χ4v) is 2.90. The molecule has 0 N–H and O–H groups in total. The van der Waals surface area contributed by atoms with Gasteiger partial charge in [0.15, 0.2) is 18.2 Å². The first-order valence-electron chi connectivity index (χ1n) is 6.97. The van der Waals surface area contributed by atoms with Gasteiger partial charge in [-0.3, -0.25) is 0 Å². The molecule has 1 aromatic carbocycles. The molecule has 0 heterocycles. The average molecular weight is 266 g/mol. The summed E-state index contributed by atoms with van der Waals surface area (Å²) in [7, 11) is 1.74. The molecular weight excluding hydrogens is 244 g/mol. The maximum Gasteiger partial charge on any atom is 0.170 e. The molecule has 3 heteroatoms. The topological polar surface area (TPSA) is 3.01 Å². The largest absolute Gasteiger partial charge is 0.240 e. The second kappa shape index (κ2) is 5.81. The van der Waals surface area contributed by atoms with Gasteiger partial charge in [-0.25, -0.2) is 13.4 Å². The van der Waals surface area contributed by atoms with Gasteiger partial charge in [-0.1, -0.05) is 25.8 Å². The van der Waals surface area contributed by atoms with Crippen molar-refractivity contribution in [3.63, 3.8) is 0 Å². The van der Waals surface area contributed by atoms with Gasteiger partial charge in [-0.05, 0) is 36.3 Å². The van der Waals surface area contributed by atoms with Gasteiger partial charge >= 0.3 is 0 Å². The number of hydrogen-bond acceptors (Lipinski definition) is 0. The van der Waals surface area contributed by atoms with Crippen molar-refractivity contribution in [2.45, 2.75) is 45.1 Å². The first kappa shape index (κ1) is 14.2. The molecule has 0 amide bonds. The van der Waals surface area contributed by atoms with Crippen molar-refractivity contribution in [3.8, 4) is 0 Å². The molecule has 0 aromatic heterocycles. The van der Waals surface area contributed by atoms with Crippen molar-refractivity contribution < 1.29 is 13.4 Å². The monoisotopic (exact) mass is 266 g/mol. The summed E-state index contributed by atoms with van der Waals surface area (Å²) in [5.41, 5.74) is 0.933. The van der Waals surface area contributed by atoms with Crippen LogP contribution < -0.4 is 0 Å². The number of halogens is 2. The molecular formula is C16H22F2N+. The van der Waals surface area contributed by atoms with Crippen LogP contribution in [0.4, 0.5) is 8.78 Å². The molecule has 1 aliphatic carbocycles. The second-order valence-electron chi connectivity index (χ2n) is 5.91. The summed E-state index contributed by atoms with van der Waals surface area (Å²) in [6.45, 7) is 6.22. The second-order valence-corrected chi connectivity index (χ2v) is 5.91. The first-order chi connectivity index (χ1) is 8.99. The normalized spacial score (nSPS) is 23.4. The van der Waals surface area contributed by atoms with Gasteiger partial charge < -0.3 is 0 Å². The van der Waals surface area contributed by atoms with Crippen molar-refractivity contribution in [1.29, 1.82) is 0 Å². The Morgan fingerprint density at radius 1 is 1.16 bits per heavy atom. The Kier molecular flexibility index (Phi) is 4.33. The van der Waals surface area contributed by atoms with Gasteiger partial charge in [0.05, 0.1) is 5.56 Å². The summed E-state index contributed by atoms with van der Waals surface area (Å²) < 4.78 is 29.8. The van der Waals surface area contributed by atoms with Crippen molar-refractivity contribution in [2.24, 2.45) is 5.92 Å². The number of benzene rings is 1. The lowest BCUT2D eigenvalue weighted by atomic mass is 9.79. The highest BCUT2D eigenvalue weighted by Gasteiger charge is 2.25. The van der Waals surface area contributed by atoms with E-state index in [4.69, 9.17) is 0 Å².